The minimum atomic E-state index is -0.289. The third-order valence-electron chi connectivity index (χ3n) is 3.23. The molecular formula is C14H16N4O2S. The summed E-state index contributed by atoms with van der Waals surface area (Å²) in [7, 11) is 3.29. The number of benzene rings is 1. The summed E-state index contributed by atoms with van der Waals surface area (Å²) >= 11 is 5.01. The maximum atomic E-state index is 12.4. The Balaban J connectivity index is 2.41. The number of hydrogen-bond donors (Lipinski definition) is 2. The lowest BCUT2D eigenvalue weighted by atomic mass is 10.1. The normalized spacial score (nSPS) is 10.2. The van der Waals surface area contributed by atoms with Gasteiger partial charge in [0.25, 0.3) is 5.91 Å². The van der Waals surface area contributed by atoms with E-state index in [1.54, 1.807) is 29.9 Å². The monoisotopic (exact) mass is 304 g/mol. The van der Waals surface area contributed by atoms with E-state index in [0.29, 0.717) is 22.6 Å². The van der Waals surface area contributed by atoms with Crippen LogP contribution in [0.1, 0.15) is 21.6 Å². The maximum absolute atomic E-state index is 12.4. The number of thiocarbonyl (C=S) groups is 1. The van der Waals surface area contributed by atoms with Crippen LogP contribution in [-0.2, 0) is 7.05 Å². The van der Waals surface area contributed by atoms with Crippen molar-refractivity contribution in [3.63, 3.8) is 0 Å². The fourth-order valence-corrected chi connectivity index (χ4v) is 2.11. The molecule has 6 nitrogen and oxygen atoms in total. The molecule has 0 unspecified atom stereocenters. The Labute approximate surface area is 127 Å². The third-order valence-corrected chi connectivity index (χ3v) is 3.45. The molecule has 0 saturated carbocycles. The number of rotatable bonds is 4. The molecule has 2 aromatic rings. The summed E-state index contributed by atoms with van der Waals surface area (Å²) in [6, 6.07) is 5.22. The predicted octanol–water partition coefficient (Wildman–Crippen LogP) is 1.62. The third kappa shape index (κ3) is 2.87. The zero-order chi connectivity index (χ0) is 15.6. The molecule has 0 radical (unpaired) electrons. The first-order valence-corrected chi connectivity index (χ1v) is 6.63. The van der Waals surface area contributed by atoms with Crippen molar-refractivity contribution in [2.75, 3.05) is 12.4 Å². The molecule has 1 aromatic carbocycles. The molecule has 21 heavy (non-hydrogen) atoms. The predicted molar refractivity (Wildman–Crippen MR) is 84.8 cm³/mol. The summed E-state index contributed by atoms with van der Waals surface area (Å²) < 4.78 is 6.89. The molecule has 0 atom stereocenters. The smallest absolute Gasteiger partial charge is 0.259 e. The van der Waals surface area contributed by atoms with Crippen LogP contribution in [0.2, 0.25) is 0 Å². The van der Waals surface area contributed by atoms with Crippen LogP contribution in [0.3, 0.4) is 0 Å². The van der Waals surface area contributed by atoms with Crippen LogP contribution in [0.5, 0.6) is 5.75 Å². The molecule has 1 aromatic heterocycles. The van der Waals surface area contributed by atoms with Crippen LogP contribution < -0.4 is 15.8 Å². The Bertz CT molecular complexity index is 709. The average molecular weight is 304 g/mol. The Kier molecular flexibility index (Phi) is 4.23. The lowest BCUT2D eigenvalue weighted by Gasteiger charge is -2.14. The van der Waals surface area contributed by atoms with Gasteiger partial charge in [0.15, 0.2) is 0 Å². The molecular weight excluding hydrogens is 288 g/mol. The Morgan fingerprint density at radius 2 is 2.14 bits per heavy atom. The number of carbonyl (C=O) groups is 1. The number of carbonyl (C=O) groups excluding carboxylic acids is 1. The largest absolute Gasteiger partial charge is 0.495 e. The van der Waals surface area contributed by atoms with Gasteiger partial charge in [-0.05, 0) is 19.1 Å². The van der Waals surface area contributed by atoms with E-state index in [1.807, 2.05) is 6.92 Å². The van der Waals surface area contributed by atoms with E-state index in [1.165, 1.54) is 13.3 Å². The van der Waals surface area contributed by atoms with Gasteiger partial charge in [-0.2, -0.15) is 5.10 Å². The van der Waals surface area contributed by atoms with E-state index in [-0.39, 0.29) is 10.9 Å². The summed E-state index contributed by atoms with van der Waals surface area (Å²) in [6.07, 6.45) is 1.51. The van der Waals surface area contributed by atoms with Crippen molar-refractivity contribution >= 4 is 28.8 Å². The van der Waals surface area contributed by atoms with Gasteiger partial charge in [-0.1, -0.05) is 18.3 Å². The van der Waals surface area contributed by atoms with Gasteiger partial charge in [0.05, 0.1) is 24.6 Å². The van der Waals surface area contributed by atoms with Crippen LogP contribution in [0.25, 0.3) is 0 Å². The van der Waals surface area contributed by atoms with E-state index >= 15 is 0 Å². The number of aromatic nitrogens is 2. The second kappa shape index (κ2) is 5.92. The Morgan fingerprint density at radius 1 is 1.43 bits per heavy atom. The minimum Gasteiger partial charge on any atom is -0.495 e. The van der Waals surface area contributed by atoms with Crippen LogP contribution >= 0.6 is 12.2 Å². The summed E-state index contributed by atoms with van der Waals surface area (Å²) in [5, 5.41) is 6.85. The molecule has 0 aliphatic rings. The first-order chi connectivity index (χ1) is 9.95. The van der Waals surface area contributed by atoms with Crippen molar-refractivity contribution in [3.8, 4) is 5.75 Å². The number of para-hydroxylation sites is 1. The van der Waals surface area contributed by atoms with Gasteiger partial charge in [0.1, 0.15) is 10.7 Å². The lowest BCUT2D eigenvalue weighted by molar-refractivity contribution is 0.102. The first kappa shape index (κ1) is 15.0. The first-order valence-electron chi connectivity index (χ1n) is 6.22. The van der Waals surface area contributed by atoms with Crippen LogP contribution in [-0.4, -0.2) is 27.8 Å². The standard InChI is InChI=1S/C14H16N4O2S/c1-8-10(7-16-18(8)2)14(19)17-12-9(13(15)21)5-4-6-11(12)20-3/h4-7H,1-3H3,(H2,15,21)(H,17,19). The van der Waals surface area contributed by atoms with Crippen molar-refractivity contribution in [2.45, 2.75) is 6.92 Å². The van der Waals surface area contributed by atoms with Crippen LogP contribution in [0, 0.1) is 6.92 Å². The highest BCUT2D eigenvalue weighted by Crippen LogP contribution is 2.29. The Hall–Kier alpha value is -2.41. The number of nitrogens with one attached hydrogen (secondary N) is 1. The van der Waals surface area contributed by atoms with Gasteiger partial charge in [0.2, 0.25) is 0 Å². The highest BCUT2D eigenvalue weighted by Gasteiger charge is 2.18. The van der Waals surface area contributed by atoms with E-state index in [0.717, 1.165) is 5.69 Å². The number of nitrogens with two attached hydrogens (primary N) is 1. The zero-order valence-electron chi connectivity index (χ0n) is 12.0. The van der Waals surface area contributed by atoms with E-state index in [9.17, 15) is 4.79 Å². The summed E-state index contributed by atoms with van der Waals surface area (Å²) in [4.78, 5) is 12.6. The molecule has 0 aliphatic carbocycles. The number of nitrogens with zero attached hydrogens (tertiary/aromatic N) is 2. The topological polar surface area (TPSA) is 82.2 Å². The van der Waals surface area contributed by atoms with Gasteiger partial charge < -0.3 is 15.8 Å². The quantitative estimate of drug-likeness (QED) is 0.839. The fourth-order valence-electron chi connectivity index (χ4n) is 1.94. The molecule has 0 fully saturated rings. The van der Waals surface area contributed by atoms with Crippen LogP contribution in [0.15, 0.2) is 24.4 Å². The average Bonchev–Trinajstić information content (AvgIpc) is 2.79. The molecule has 7 heteroatoms. The molecule has 3 N–H and O–H groups in total. The van der Waals surface area contributed by atoms with Crippen molar-refractivity contribution in [1.82, 2.24) is 9.78 Å². The second-order valence-electron chi connectivity index (χ2n) is 4.47. The molecule has 0 aliphatic heterocycles. The molecule has 0 saturated heterocycles. The van der Waals surface area contributed by atoms with Crippen molar-refractivity contribution in [1.29, 1.82) is 0 Å². The number of methoxy groups -OCH3 is 1. The van der Waals surface area contributed by atoms with Crippen molar-refractivity contribution in [2.24, 2.45) is 12.8 Å². The zero-order valence-corrected chi connectivity index (χ0v) is 12.8. The minimum absolute atomic E-state index is 0.187. The molecule has 2 rings (SSSR count). The van der Waals surface area contributed by atoms with Crippen molar-refractivity contribution in [3.05, 3.63) is 41.2 Å². The number of ether oxygens (including phenoxy) is 1. The van der Waals surface area contributed by atoms with Gasteiger partial charge in [-0.3, -0.25) is 9.48 Å². The summed E-state index contributed by atoms with van der Waals surface area (Å²) in [5.41, 5.74) is 7.96. The van der Waals surface area contributed by atoms with Crippen LogP contribution in [0.4, 0.5) is 5.69 Å². The number of anilines is 1. The van der Waals surface area contributed by atoms with E-state index in [4.69, 9.17) is 22.7 Å². The van der Waals surface area contributed by atoms with Crippen molar-refractivity contribution < 1.29 is 9.53 Å². The number of aryl methyl sites for hydroxylation is 1. The molecule has 0 spiro atoms. The maximum Gasteiger partial charge on any atom is 0.259 e. The highest BCUT2D eigenvalue weighted by atomic mass is 32.1. The molecule has 0 bridgehead atoms. The Morgan fingerprint density at radius 3 is 2.67 bits per heavy atom. The van der Waals surface area contributed by atoms with E-state index < -0.39 is 0 Å². The SMILES string of the molecule is COc1cccc(C(N)=S)c1NC(=O)c1cnn(C)c1C. The molecule has 1 amide bonds. The van der Waals surface area contributed by atoms with Gasteiger partial charge in [-0.15, -0.1) is 0 Å². The van der Waals surface area contributed by atoms with Gasteiger partial charge in [-0.25, -0.2) is 0 Å². The van der Waals surface area contributed by atoms with Gasteiger partial charge >= 0.3 is 0 Å². The van der Waals surface area contributed by atoms with E-state index in [2.05, 4.69) is 10.4 Å². The summed E-state index contributed by atoms with van der Waals surface area (Å²) in [5.74, 6) is 0.206. The number of amides is 1. The molecule has 1 heterocycles. The second-order valence-corrected chi connectivity index (χ2v) is 4.91. The fraction of sp³-hybridized carbons (Fsp3) is 0.214. The number of hydrogen-bond acceptors (Lipinski definition) is 4. The molecule has 110 valence electrons. The summed E-state index contributed by atoms with van der Waals surface area (Å²) in [6.45, 7) is 1.82. The lowest BCUT2D eigenvalue weighted by Crippen LogP contribution is -2.18. The highest BCUT2D eigenvalue weighted by molar-refractivity contribution is 7.80. The van der Waals surface area contributed by atoms with Gasteiger partial charge in [0, 0.05) is 18.3 Å².